The van der Waals surface area contributed by atoms with Crippen LogP contribution in [0.3, 0.4) is 0 Å². The highest BCUT2D eigenvalue weighted by molar-refractivity contribution is 6.46. The van der Waals surface area contributed by atoms with Gasteiger partial charge in [-0.25, -0.2) is 4.39 Å². The number of aliphatic hydroxyl groups excluding tert-OH is 1. The average Bonchev–Trinajstić information content (AvgIpc) is 3.10. The van der Waals surface area contributed by atoms with Crippen LogP contribution < -0.4 is 4.74 Å². The molecule has 1 aliphatic heterocycles. The molecular weight excluding hydrogens is 447 g/mol. The first-order chi connectivity index (χ1) is 16.8. The SMILES string of the molecule is CCOc1ccc(/C(O)=C2/C(=O)C(=O)N(Cc3ccncc3)C2c2ccc(F)cc2)cc1C(C)C. The number of nitrogens with zero attached hydrogens (tertiary/aromatic N) is 2. The smallest absolute Gasteiger partial charge is 0.295 e. The van der Waals surface area contributed by atoms with Crippen molar-refractivity contribution in [2.75, 3.05) is 6.61 Å². The number of carbonyl (C=O) groups excluding carboxylic acids is 2. The lowest BCUT2D eigenvalue weighted by atomic mass is 9.93. The predicted molar refractivity (Wildman–Crippen MR) is 130 cm³/mol. The normalized spacial score (nSPS) is 17.3. The molecule has 1 fully saturated rings. The number of Topliss-reactive ketones (excluding diaryl/α,β-unsaturated/α-hetero) is 1. The van der Waals surface area contributed by atoms with Gasteiger partial charge in [0.25, 0.3) is 11.7 Å². The van der Waals surface area contributed by atoms with Gasteiger partial charge >= 0.3 is 0 Å². The monoisotopic (exact) mass is 474 g/mol. The van der Waals surface area contributed by atoms with Crippen LogP contribution in [0.2, 0.25) is 0 Å². The zero-order chi connectivity index (χ0) is 25.1. The summed E-state index contributed by atoms with van der Waals surface area (Å²) in [5.41, 5.74) is 2.55. The number of likely N-dealkylation sites (tertiary alicyclic amines) is 1. The third kappa shape index (κ3) is 4.80. The van der Waals surface area contributed by atoms with E-state index in [4.69, 9.17) is 4.74 Å². The van der Waals surface area contributed by atoms with Crippen molar-refractivity contribution in [2.24, 2.45) is 0 Å². The second kappa shape index (κ2) is 10.1. The quantitative estimate of drug-likeness (QED) is 0.283. The Bertz CT molecular complexity index is 1270. The molecule has 1 atom stereocenters. The lowest BCUT2D eigenvalue weighted by Gasteiger charge is -2.25. The third-order valence-corrected chi connectivity index (χ3v) is 6.03. The molecule has 0 spiro atoms. The van der Waals surface area contributed by atoms with Crippen LogP contribution in [0.4, 0.5) is 4.39 Å². The summed E-state index contributed by atoms with van der Waals surface area (Å²) >= 11 is 0. The van der Waals surface area contributed by atoms with Crippen molar-refractivity contribution in [3.05, 3.63) is 101 Å². The number of ether oxygens (including phenoxy) is 1. The van der Waals surface area contributed by atoms with Gasteiger partial charge in [-0.2, -0.15) is 0 Å². The van der Waals surface area contributed by atoms with Crippen molar-refractivity contribution in [3.63, 3.8) is 0 Å². The molecule has 3 aromatic rings. The number of aromatic nitrogens is 1. The van der Waals surface area contributed by atoms with Gasteiger partial charge in [-0.15, -0.1) is 0 Å². The Balaban J connectivity index is 1.86. The number of pyridine rings is 1. The molecule has 1 aliphatic rings. The molecule has 0 aliphatic carbocycles. The fraction of sp³-hybridized carbons (Fsp3) is 0.250. The van der Waals surface area contributed by atoms with Crippen molar-refractivity contribution >= 4 is 17.4 Å². The summed E-state index contributed by atoms with van der Waals surface area (Å²) in [6.07, 6.45) is 3.21. The van der Waals surface area contributed by atoms with Crippen LogP contribution in [-0.2, 0) is 16.1 Å². The molecule has 180 valence electrons. The van der Waals surface area contributed by atoms with Crippen LogP contribution in [0.25, 0.3) is 5.76 Å². The van der Waals surface area contributed by atoms with E-state index in [0.717, 1.165) is 11.1 Å². The number of halogens is 1. The number of rotatable bonds is 7. The lowest BCUT2D eigenvalue weighted by molar-refractivity contribution is -0.140. The summed E-state index contributed by atoms with van der Waals surface area (Å²) in [5, 5.41) is 11.4. The molecule has 35 heavy (non-hydrogen) atoms. The van der Waals surface area contributed by atoms with Crippen LogP contribution in [0.5, 0.6) is 5.75 Å². The van der Waals surface area contributed by atoms with Gasteiger partial charge in [-0.05, 0) is 72.0 Å². The molecule has 1 saturated heterocycles. The second-order valence-electron chi connectivity index (χ2n) is 8.67. The van der Waals surface area contributed by atoms with Gasteiger partial charge in [0.05, 0.1) is 18.2 Å². The Morgan fingerprint density at radius 2 is 1.77 bits per heavy atom. The molecule has 1 amide bonds. The van der Waals surface area contributed by atoms with E-state index in [9.17, 15) is 19.1 Å². The van der Waals surface area contributed by atoms with Crippen molar-refractivity contribution in [1.82, 2.24) is 9.88 Å². The number of hydrogen-bond acceptors (Lipinski definition) is 5. The summed E-state index contributed by atoms with van der Waals surface area (Å²) < 4.78 is 19.4. The van der Waals surface area contributed by atoms with Crippen LogP contribution >= 0.6 is 0 Å². The number of amides is 1. The number of ketones is 1. The first-order valence-electron chi connectivity index (χ1n) is 11.5. The topological polar surface area (TPSA) is 79.7 Å². The van der Waals surface area contributed by atoms with Crippen molar-refractivity contribution in [3.8, 4) is 5.75 Å². The van der Waals surface area contributed by atoms with E-state index in [1.165, 1.54) is 29.2 Å². The maximum absolute atomic E-state index is 13.7. The summed E-state index contributed by atoms with van der Waals surface area (Å²) in [4.78, 5) is 31.8. The van der Waals surface area contributed by atoms with E-state index in [-0.39, 0.29) is 23.8 Å². The highest BCUT2D eigenvalue weighted by atomic mass is 19.1. The highest BCUT2D eigenvalue weighted by Crippen LogP contribution is 2.41. The minimum Gasteiger partial charge on any atom is -0.507 e. The van der Waals surface area contributed by atoms with Crippen LogP contribution in [0, 0.1) is 5.82 Å². The molecule has 2 aromatic carbocycles. The van der Waals surface area contributed by atoms with Gasteiger partial charge in [0, 0.05) is 24.5 Å². The molecule has 1 unspecified atom stereocenters. The first-order valence-corrected chi connectivity index (χ1v) is 11.5. The van der Waals surface area contributed by atoms with Gasteiger partial charge in [-0.1, -0.05) is 26.0 Å². The molecule has 0 radical (unpaired) electrons. The van der Waals surface area contributed by atoms with E-state index in [0.29, 0.717) is 23.5 Å². The molecule has 7 heteroatoms. The minimum absolute atomic E-state index is 0.0328. The van der Waals surface area contributed by atoms with Gasteiger partial charge in [0.1, 0.15) is 17.3 Å². The summed E-state index contributed by atoms with van der Waals surface area (Å²) in [7, 11) is 0. The maximum atomic E-state index is 13.7. The molecule has 6 nitrogen and oxygen atoms in total. The summed E-state index contributed by atoms with van der Waals surface area (Å²) in [6, 6.07) is 13.4. The second-order valence-corrected chi connectivity index (χ2v) is 8.67. The number of hydrogen-bond donors (Lipinski definition) is 1. The Morgan fingerprint density at radius 1 is 1.09 bits per heavy atom. The molecule has 1 aromatic heterocycles. The Labute approximate surface area is 203 Å². The van der Waals surface area contributed by atoms with Crippen molar-refractivity contribution in [1.29, 1.82) is 0 Å². The standard InChI is InChI=1S/C28H27FN2O4/c1-4-35-23-10-7-20(15-22(23)17(2)3)26(32)24-25(19-5-8-21(29)9-6-19)31(28(34)27(24)33)16-18-11-13-30-14-12-18/h5-15,17,25,32H,4,16H2,1-3H3/b26-24-. The Hall–Kier alpha value is -4.00. The van der Waals surface area contributed by atoms with Gasteiger partial charge < -0.3 is 14.7 Å². The molecule has 2 heterocycles. The number of benzene rings is 2. The minimum atomic E-state index is -0.877. The third-order valence-electron chi connectivity index (χ3n) is 6.03. The largest absolute Gasteiger partial charge is 0.507 e. The van der Waals surface area contributed by atoms with Crippen molar-refractivity contribution < 1.29 is 23.8 Å². The first kappa shape index (κ1) is 24.1. The van der Waals surface area contributed by atoms with Gasteiger partial charge in [-0.3, -0.25) is 14.6 Å². The van der Waals surface area contributed by atoms with Crippen LogP contribution in [-0.4, -0.2) is 33.3 Å². The maximum Gasteiger partial charge on any atom is 0.295 e. The Kier molecular flexibility index (Phi) is 6.96. The fourth-order valence-corrected chi connectivity index (χ4v) is 4.31. The molecule has 0 saturated carbocycles. The predicted octanol–water partition coefficient (Wildman–Crippen LogP) is 5.36. The zero-order valence-electron chi connectivity index (χ0n) is 19.9. The zero-order valence-corrected chi connectivity index (χ0v) is 19.9. The molecule has 1 N–H and O–H groups in total. The fourth-order valence-electron chi connectivity index (χ4n) is 4.31. The summed E-state index contributed by atoms with van der Waals surface area (Å²) in [5.74, 6) is -1.43. The number of carbonyl (C=O) groups is 2. The van der Waals surface area contributed by atoms with E-state index in [2.05, 4.69) is 4.98 Å². The molecular formula is C28H27FN2O4. The molecule has 4 rings (SSSR count). The lowest BCUT2D eigenvalue weighted by Crippen LogP contribution is -2.29. The van der Waals surface area contributed by atoms with E-state index < -0.39 is 23.5 Å². The van der Waals surface area contributed by atoms with Gasteiger partial charge in [0.15, 0.2) is 0 Å². The van der Waals surface area contributed by atoms with Crippen LogP contribution in [0.15, 0.2) is 72.6 Å². The van der Waals surface area contributed by atoms with E-state index in [1.807, 2.05) is 20.8 Å². The highest BCUT2D eigenvalue weighted by Gasteiger charge is 2.46. The van der Waals surface area contributed by atoms with Crippen molar-refractivity contribution in [2.45, 2.75) is 39.3 Å². The van der Waals surface area contributed by atoms with Gasteiger partial charge in [0.2, 0.25) is 0 Å². The van der Waals surface area contributed by atoms with Crippen LogP contribution in [0.1, 0.15) is 55.0 Å². The van der Waals surface area contributed by atoms with E-state index in [1.54, 1.807) is 42.7 Å². The van der Waals surface area contributed by atoms with E-state index >= 15 is 0 Å². The molecule has 0 bridgehead atoms. The number of aliphatic hydroxyl groups is 1. The summed E-state index contributed by atoms with van der Waals surface area (Å²) in [6.45, 7) is 6.54. The average molecular weight is 475 g/mol. The Morgan fingerprint density at radius 3 is 2.40 bits per heavy atom.